The molecule has 0 aliphatic heterocycles. The van der Waals surface area contributed by atoms with Gasteiger partial charge in [0.05, 0.1) is 0 Å². The minimum atomic E-state index is 0.721. The van der Waals surface area contributed by atoms with Gasteiger partial charge in [0.2, 0.25) is 0 Å². The molecule has 0 radical (unpaired) electrons. The fourth-order valence-corrected chi connectivity index (χ4v) is 9.53. The van der Waals surface area contributed by atoms with Gasteiger partial charge in [0.25, 0.3) is 0 Å². The fourth-order valence-electron chi connectivity index (χ4n) is 9.53. The van der Waals surface area contributed by atoms with Gasteiger partial charge in [-0.25, -0.2) is 0 Å². The summed E-state index contributed by atoms with van der Waals surface area (Å²) in [6, 6.07) is 0. The van der Waals surface area contributed by atoms with Crippen LogP contribution in [0.15, 0.2) is 0 Å². The van der Waals surface area contributed by atoms with Crippen LogP contribution in [-0.4, -0.2) is 0 Å². The predicted molar refractivity (Wildman–Crippen MR) is 81.1 cm³/mol. The molecule has 8 atom stereocenters. The van der Waals surface area contributed by atoms with Crippen molar-refractivity contribution in [1.82, 2.24) is 0 Å². The zero-order valence-electron chi connectivity index (χ0n) is 13.7. The second-order valence-electron chi connectivity index (χ2n) is 10.7. The van der Waals surface area contributed by atoms with Crippen molar-refractivity contribution in [1.29, 1.82) is 0 Å². The van der Waals surface area contributed by atoms with Crippen LogP contribution in [-0.2, 0) is 0 Å². The third kappa shape index (κ3) is 0.793. The summed E-state index contributed by atoms with van der Waals surface area (Å²) in [5.41, 5.74) is 3.00. The lowest BCUT2D eigenvalue weighted by atomic mass is 9.64. The zero-order chi connectivity index (χ0) is 13.7. The minimum Gasteiger partial charge on any atom is -0.0588 e. The lowest BCUT2D eigenvalue weighted by Gasteiger charge is -2.41. The lowest BCUT2D eigenvalue weighted by molar-refractivity contribution is 0.0799. The van der Waals surface area contributed by atoms with Crippen LogP contribution in [0.4, 0.5) is 0 Å². The standard InChI is InChI=1S/C20H30/c1-17(11-7-13-14(8-11)19(13,17)3)5-6-18(2)12-9-15-16(10-12)20(15,18)4/h11-16H,5-10H2,1-4H3/t11?,12?,13-,14-,15-,16+,17+,18-,19?,20?/m1/s1. The van der Waals surface area contributed by atoms with Crippen molar-refractivity contribution >= 4 is 0 Å². The van der Waals surface area contributed by atoms with Crippen molar-refractivity contribution < 1.29 is 0 Å². The third-order valence-corrected chi connectivity index (χ3v) is 11.4. The zero-order valence-corrected chi connectivity index (χ0v) is 13.7. The van der Waals surface area contributed by atoms with E-state index in [4.69, 9.17) is 0 Å². The van der Waals surface area contributed by atoms with E-state index in [-0.39, 0.29) is 0 Å². The average molecular weight is 270 g/mol. The van der Waals surface area contributed by atoms with Crippen molar-refractivity contribution in [2.75, 3.05) is 0 Å². The van der Waals surface area contributed by atoms with Crippen LogP contribution in [0.1, 0.15) is 66.2 Å². The maximum Gasteiger partial charge on any atom is -0.0207 e. The predicted octanol–water partition coefficient (Wildman–Crippen LogP) is 5.13. The van der Waals surface area contributed by atoms with E-state index in [2.05, 4.69) is 27.7 Å². The molecule has 0 heteroatoms. The molecule has 0 aromatic heterocycles. The quantitative estimate of drug-likeness (QED) is 0.667. The fraction of sp³-hybridized carbons (Fsp3) is 1.00. The molecule has 8 rings (SSSR count). The highest BCUT2D eigenvalue weighted by atomic mass is 14.9. The molecule has 8 bridgehead atoms. The van der Waals surface area contributed by atoms with Crippen LogP contribution in [0, 0.1) is 57.2 Å². The molecule has 0 heterocycles. The van der Waals surface area contributed by atoms with Gasteiger partial charge >= 0.3 is 0 Å². The minimum absolute atomic E-state index is 0.721. The Labute approximate surface area is 124 Å². The molecule has 2 unspecified atom stereocenters. The van der Waals surface area contributed by atoms with E-state index < -0.39 is 0 Å². The van der Waals surface area contributed by atoms with Crippen molar-refractivity contribution in [3.05, 3.63) is 0 Å². The molecule has 0 aromatic rings. The highest BCUT2D eigenvalue weighted by Gasteiger charge is 2.83. The second-order valence-corrected chi connectivity index (χ2v) is 10.7. The summed E-state index contributed by atoms with van der Waals surface area (Å²) in [5, 5.41) is 0. The largest absolute Gasteiger partial charge is 0.0588 e. The summed E-state index contributed by atoms with van der Waals surface area (Å²) in [4.78, 5) is 0. The Morgan fingerprint density at radius 1 is 0.600 bits per heavy atom. The van der Waals surface area contributed by atoms with Crippen LogP contribution >= 0.6 is 0 Å². The van der Waals surface area contributed by atoms with Gasteiger partial charge in [-0.05, 0) is 95.7 Å². The van der Waals surface area contributed by atoms with Gasteiger partial charge < -0.3 is 0 Å². The Morgan fingerprint density at radius 2 is 0.900 bits per heavy atom. The number of hydrogen-bond acceptors (Lipinski definition) is 0. The number of rotatable bonds is 3. The van der Waals surface area contributed by atoms with E-state index in [1.165, 1.54) is 0 Å². The van der Waals surface area contributed by atoms with Gasteiger partial charge in [-0.15, -0.1) is 0 Å². The summed E-state index contributed by atoms with van der Waals surface area (Å²) in [6.45, 7) is 10.7. The summed E-state index contributed by atoms with van der Waals surface area (Å²) in [7, 11) is 0. The molecular formula is C20H30. The topological polar surface area (TPSA) is 0 Å². The van der Waals surface area contributed by atoms with Crippen molar-refractivity contribution in [3.63, 3.8) is 0 Å². The van der Waals surface area contributed by atoms with Crippen LogP contribution in [0.25, 0.3) is 0 Å². The molecule has 8 saturated carbocycles. The summed E-state index contributed by atoms with van der Waals surface area (Å²) in [6.07, 6.45) is 9.51. The first-order valence-corrected chi connectivity index (χ1v) is 9.37. The van der Waals surface area contributed by atoms with E-state index in [1.54, 1.807) is 38.5 Å². The van der Waals surface area contributed by atoms with Gasteiger partial charge in [0, 0.05) is 0 Å². The van der Waals surface area contributed by atoms with Crippen molar-refractivity contribution in [2.24, 2.45) is 57.2 Å². The third-order valence-electron chi connectivity index (χ3n) is 11.4. The molecule has 0 N–H and O–H groups in total. The molecule has 8 aliphatic rings. The smallest absolute Gasteiger partial charge is 0.0207 e. The Bertz CT molecular complexity index is 460. The maximum atomic E-state index is 2.69. The molecular weight excluding hydrogens is 240 g/mol. The van der Waals surface area contributed by atoms with E-state index in [0.29, 0.717) is 0 Å². The lowest BCUT2D eigenvalue weighted by Crippen LogP contribution is -2.33. The van der Waals surface area contributed by atoms with Gasteiger partial charge in [-0.2, -0.15) is 0 Å². The van der Waals surface area contributed by atoms with E-state index in [1.807, 2.05) is 0 Å². The summed E-state index contributed by atoms with van der Waals surface area (Å²) < 4.78 is 0. The van der Waals surface area contributed by atoms with Gasteiger partial charge in [-0.1, -0.05) is 27.7 Å². The van der Waals surface area contributed by atoms with Crippen molar-refractivity contribution in [2.45, 2.75) is 66.2 Å². The maximum absolute atomic E-state index is 2.69. The van der Waals surface area contributed by atoms with Crippen LogP contribution < -0.4 is 0 Å². The molecule has 0 nitrogen and oxygen atoms in total. The first kappa shape index (κ1) is 11.6. The molecule has 0 saturated heterocycles. The van der Waals surface area contributed by atoms with E-state index >= 15 is 0 Å². The molecule has 0 aromatic carbocycles. The van der Waals surface area contributed by atoms with Crippen LogP contribution in [0.5, 0.6) is 0 Å². The SMILES string of the molecule is CC12[C@@H]3CC(C[C@H]31)[C@]2(C)CC[C@]1(C)C2C[C@@H]3[C@H](C2)C31C. The molecule has 110 valence electrons. The Morgan fingerprint density at radius 3 is 1.10 bits per heavy atom. The Balaban J connectivity index is 1.30. The summed E-state index contributed by atoms with van der Waals surface area (Å²) >= 11 is 0. The van der Waals surface area contributed by atoms with E-state index in [0.717, 1.165) is 57.2 Å². The molecule has 20 heavy (non-hydrogen) atoms. The van der Waals surface area contributed by atoms with Crippen molar-refractivity contribution in [3.8, 4) is 0 Å². The Kier molecular flexibility index (Phi) is 1.54. The average Bonchev–Trinajstić information content (AvgIpc) is 2.95. The molecule has 8 aliphatic carbocycles. The Hall–Kier alpha value is 0. The highest BCUT2D eigenvalue weighted by molar-refractivity contribution is 5.31. The molecule has 0 amide bonds. The molecule has 0 spiro atoms. The second kappa shape index (κ2) is 2.67. The molecule has 8 fully saturated rings. The monoisotopic (exact) mass is 270 g/mol. The van der Waals surface area contributed by atoms with Gasteiger partial charge in [0.15, 0.2) is 0 Å². The van der Waals surface area contributed by atoms with Gasteiger partial charge in [-0.3, -0.25) is 0 Å². The summed E-state index contributed by atoms with van der Waals surface area (Å²) in [5.74, 6) is 6.79. The number of hydrogen-bond donors (Lipinski definition) is 0. The van der Waals surface area contributed by atoms with Crippen LogP contribution in [0.3, 0.4) is 0 Å². The van der Waals surface area contributed by atoms with Gasteiger partial charge in [0.1, 0.15) is 0 Å². The highest BCUT2D eigenvalue weighted by Crippen LogP contribution is 2.90. The first-order valence-electron chi connectivity index (χ1n) is 9.37. The van der Waals surface area contributed by atoms with E-state index in [9.17, 15) is 0 Å². The first-order chi connectivity index (χ1) is 9.37. The van der Waals surface area contributed by atoms with Crippen LogP contribution in [0.2, 0.25) is 0 Å². The normalized spacial score (nSPS) is 77.4.